The Morgan fingerprint density at radius 1 is 1.48 bits per heavy atom. The number of tetrazole rings is 1. The number of nitrogens with zero attached hydrogens (tertiary/aromatic N) is 5. The van der Waals surface area contributed by atoms with Crippen molar-refractivity contribution in [3.05, 3.63) is 30.1 Å². The highest BCUT2D eigenvalue weighted by Gasteiger charge is 2.31. The average molecular weight is 336 g/mol. The third-order valence-corrected chi connectivity index (χ3v) is 4.27. The van der Waals surface area contributed by atoms with E-state index in [9.17, 15) is 14.0 Å². The number of urea groups is 1. The van der Waals surface area contributed by atoms with Gasteiger partial charge in [0.2, 0.25) is 11.1 Å². The summed E-state index contributed by atoms with van der Waals surface area (Å²) in [7, 11) is 0. The number of carbonyl (C=O) groups is 2. The molecule has 3 amide bonds. The van der Waals surface area contributed by atoms with Crippen LogP contribution in [0.15, 0.2) is 29.4 Å². The number of nitrogens with one attached hydrogen (secondary N) is 1. The number of thioether (sulfide) groups is 1. The Hall–Kier alpha value is -2.49. The number of amides is 3. The summed E-state index contributed by atoms with van der Waals surface area (Å²) in [4.78, 5) is 25.0. The topological polar surface area (TPSA) is 93.0 Å². The quantitative estimate of drug-likeness (QED) is 0.832. The van der Waals surface area contributed by atoms with Crippen LogP contribution in [0.25, 0.3) is 5.69 Å². The zero-order valence-corrected chi connectivity index (χ0v) is 13.0. The molecule has 0 radical (unpaired) electrons. The predicted octanol–water partition coefficient (Wildman–Crippen LogP) is 0.834. The molecular weight excluding hydrogens is 323 g/mol. The van der Waals surface area contributed by atoms with Crippen molar-refractivity contribution in [2.75, 3.05) is 13.1 Å². The second-order valence-corrected chi connectivity index (χ2v) is 6.14. The first-order valence-electron chi connectivity index (χ1n) is 6.86. The average Bonchev–Trinajstić information content (AvgIpc) is 3.15. The van der Waals surface area contributed by atoms with Gasteiger partial charge in [-0.25, -0.2) is 9.18 Å². The molecule has 1 atom stereocenters. The highest BCUT2D eigenvalue weighted by atomic mass is 32.2. The number of imide groups is 1. The largest absolute Gasteiger partial charge is 0.336 e. The fraction of sp³-hybridized carbons (Fsp3) is 0.308. The maximum Gasteiger partial charge on any atom is 0.324 e. The van der Waals surface area contributed by atoms with E-state index in [1.165, 1.54) is 16.8 Å². The normalized spacial score (nSPS) is 15.6. The molecular formula is C13H13FN6O2S. The molecule has 1 fully saturated rings. The van der Waals surface area contributed by atoms with Crippen molar-refractivity contribution in [1.82, 2.24) is 30.4 Å². The Labute approximate surface area is 135 Å². The van der Waals surface area contributed by atoms with Crippen molar-refractivity contribution < 1.29 is 14.0 Å². The van der Waals surface area contributed by atoms with Crippen LogP contribution < -0.4 is 5.32 Å². The van der Waals surface area contributed by atoms with Crippen LogP contribution in [0.5, 0.6) is 0 Å². The van der Waals surface area contributed by atoms with E-state index < -0.39 is 17.1 Å². The summed E-state index contributed by atoms with van der Waals surface area (Å²) in [6.07, 6.45) is 0. The molecule has 1 aromatic heterocycles. The molecule has 1 N–H and O–H groups in total. The zero-order valence-electron chi connectivity index (χ0n) is 12.1. The van der Waals surface area contributed by atoms with Gasteiger partial charge in [0.1, 0.15) is 5.82 Å². The molecule has 1 aliphatic rings. The summed E-state index contributed by atoms with van der Waals surface area (Å²) in [6.45, 7) is 2.46. The zero-order chi connectivity index (χ0) is 16.4. The monoisotopic (exact) mass is 336 g/mol. The van der Waals surface area contributed by atoms with Gasteiger partial charge in [-0.1, -0.05) is 17.8 Å². The number of hydrogen-bond acceptors (Lipinski definition) is 6. The van der Waals surface area contributed by atoms with Crippen molar-refractivity contribution in [3.63, 3.8) is 0 Å². The first-order valence-corrected chi connectivity index (χ1v) is 7.74. The van der Waals surface area contributed by atoms with Gasteiger partial charge in [0, 0.05) is 13.1 Å². The summed E-state index contributed by atoms with van der Waals surface area (Å²) < 4.78 is 14.7. The summed E-state index contributed by atoms with van der Waals surface area (Å²) in [5.41, 5.74) is 0.455. The molecule has 8 nitrogen and oxygen atoms in total. The second kappa shape index (κ2) is 6.32. The van der Waals surface area contributed by atoms with E-state index in [2.05, 4.69) is 20.8 Å². The summed E-state index contributed by atoms with van der Waals surface area (Å²) in [5.74, 6) is -0.731. The van der Waals surface area contributed by atoms with Crippen molar-refractivity contribution in [1.29, 1.82) is 0 Å². The third-order valence-electron chi connectivity index (χ3n) is 3.25. The van der Waals surface area contributed by atoms with E-state index >= 15 is 0 Å². The van der Waals surface area contributed by atoms with Crippen molar-refractivity contribution >= 4 is 23.7 Å². The van der Waals surface area contributed by atoms with E-state index in [-0.39, 0.29) is 5.91 Å². The van der Waals surface area contributed by atoms with Gasteiger partial charge in [-0.15, -0.1) is 5.10 Å². The van der Waals surface area contributed by atoms with Crippen LogP contribution in [0.3, 0.4) is 0 Å². The van der Waals surface area contributed by atoms with Crippen LogP contribution in [-0.2, 0) is 4.79 Å². The molecule has 23 heavy (non-hydrogen) atoms. The fourth-order valence-electron chi connectivity index (χ4n) is 2.13. The SMILES string of the molecule is CC(Sc1nnnn1-c1cccc(F)c1)C(=O)N1CCNC1=O. The van der Waals surface area contributed by atoms with Crippen LogP contribution in [0.2, 0.25) is 0 Å². The van der Waals surface area contributed by atoms with E-state index in [0.29, 0.717) is 23.9 Å². The molecule has 3 rings (SSSR count). The highest BCUT2D eigenvalue weighted by Crippen LogP contribution is 2.24. The van der Waals surface area contributed by atoms with E-state index in [1.54, 1.807) is 19.1 Å². The van der Waals surface area contributed by atoms with E-state index in [4.69, 9.17) is 0 Å². The lowest BCUT2D eigenvalue weighted by Crippen LogP contribution is -2.39. The Bertz CT molecular complexity index is 752. The molecule has 1 unspecified atom stereocenters. The summed E-state index contributed by atoms with van der Waals surface area (Å²) in [5, 5.41) is 13.6. The van der Waals surface area contributed by atoms with Gasteiger partial charge in [-0.3, -0.25) is 9.69 Å². The van der Waals surface area contributed by atoms with Crippen molar-refractivity contribution in [2.24, 2.45) is 0 Å². The van der Waals surface area contributed by atoms with Gasteiger partial charge >= 0.3 is 6.03 Å². The first kappa shape index (κ1) is 15.4. The van der Waals surface area contributed by atoms with Crippen LogP contribution in [0, 0.1) is 5.82 Å². The standard InChI is InChI=1S/C13H13FN6O2S/c1-8(11(21)19-6-5-15-12(19)22)23-13-16-17-18-20(13)10-4-2-3-9(14)7-10/h2-4,7-8H,5-6H2,1H3,(H,15,22). The molecule has 2 aromatic rings. The van der Waals surface area contributed by atoms with Crippen molar-refractivity contribution in [2.45, 2.75) is 17.3 Å². The molecule has 1 saturated heterocycles. The number of hydrogen-bond donors (Lipinski definition) is 1. The lowest BCUT2D eigenvalue weighted by Gasteiger charge is -2.16. The van der Waals surface area contributed by atoms with E-state index in [0.717, 1.165) is 16.7 Å². The van der Waals surface area contributed by atoms with Gasteiger partial charge in [0.15, 0.2) is 0 Å². The molecule has 0 spiro atoms. The smallest absolute Gasteiger partial charge is 0.324 e. The molecule has 10 heteroatoms. The predicted molar refractivity (Wildman–Crippen MR) is 79.5 cm³/mol. The first-order chi connectivity index (χ1) is 11.1. The minimum Gasteiger partial charge on any atom is -0.336 e. The minimum atomic E-state index is -0.558. The van der Waals surface area contributed by atoms with Crippen LogP contribution in [-0.4, -0.2) is 55.4 Å². The maximum atomic E-state index is 13.3. The molecule has 0 bridgehead atoms. The van der Waals surface area contributed by atoms with Gasteiger partial charge in [0.25, 0.3) is 0 Å². The Kier molecular flexibility index (Phi) is 4.24. The minimum absolute atomic E-state index is 0.321. The number of benzene rings is 1. The number of carbonyl (C=O) groups excluding carboxylic acids is 2. The number of aromatic nitrogens is 4. The molecule has 0 saturated carbocycles. The Morgan fingerprint density at radius 2 is 2.30 bits per heavy atom. The Balaban J connectivity index is 1.77. The second-order valence-electron chi connectivity index (χ2n) is 4.84. The van der Waals surface area contributed by atoms with Crippen LogP contribution in [0.1, 0.15) is 6.92 Å². The Morgan fingerprint density at radius 3 is 3.00 bits per heavy atom. The molecule has 120 valence electrons. The summed E-state index contributed by atoms with van der Waals surface area (Å²) >= 11 is 1.11. The van der Waals surface area contributed by atoms with Crippen LogP contribution in [0.4, 0.5) is 9.18 Å². The molecule has 0 aliphatic carbocycles. The maximum absolute atomic E-state index is 13.3. The highest BCUT2D eigenvalue weighted by molar-refractivity contribution is 8.00. The van der Waals surface area contributed by atoms with Gasteiger partial charge in [-0.05, 0) is 35.5 Å². The lowest BCUT2D eigenvalue weighted by molar-refractivity contribution is -0.126. The lowest BCUT2D eigenvalue weighted by atomic mass is 10.3. The summed E-state index contributed by atoms with van der Waals surface area (Å²) in [6, 6.07) is 5.42. The van der Waals surface area contributed by atoms with Gasteiger partial charge < -0.3 is 5.32 Å². The van der Waals surface area contributed by atoms with Gasteiger partial charge in [-0.2, -0.15) is 4.68 Å². The van der Waals surface area contributed by atoms with Gasteiger partial charge in [0.05, 0.1) is 10.9 Å². The van der Waals surface area contributed by atoms with E-state index in [1.807, 2.05) is 0 Å². The molecule has 2 heterocycles. The third kappa shape index (κ3) is 3.16. The molecule has 1 aromatic carbocycles. The van der Waals surface area contributed by atoms with Crippen LogP contribution >= 0.6 is 11.8 Å². The fourth-order valence-corrected chi connectivity index (χ4v) is 3.00. The number of rotatable bonds is 4. The van der Waals surface area contributed by atoms with Crippen molar-refractivity contribution in [3.8, 4) is 5.69 Å². The molecule has 1 aliphatic heterocycles. The number of halogens is 1.